The fourth-order valence-corrected chi connectivity index (χ4v) is 3.89. The number of nitrogens with zero attached hydrogens (tertiary/aromatic N) is 3. The van der Waals surface area contributed by atoms with E-state index in [1.807, 2.05) is 61.1 Å². The van der Waals surface area contributed by atoms with Gasteiger partial charge in [0.1, 0.15) is 0 Å². The van der Waals surface area contributed by atoms with Gasteiger partial charge in [0.15, 0.2) is 0 Å². The lowest BCUT2D eigenvalue weighted by atomic mass is 10.1. The van der Waals surface area contributed by atoms with Crippen molar-refractivity contribution in [3.05, 3.63) is 77.1 Å². The van der Waals surface area contributed by atoms with E-state index in [9.17, 15) is 4.79 Å². The van der Waals surface area contributed by atoms with Gasteiger partial charge in [0, 0.05) is 35.6 Å². The molecule has 1 atom stereocenters. The maximum atomic E-state index is 12.8. The van der Waals surface area contributed by atoms with Crippen LogP contribution in [0.15, 0.2) is 54.7 Å². The number of carbonyl (C=O) groups is 1. The number of ether oxygens (including phenoxy) is 1. The Morgan fingerprint density at radius 1 is 1.07 bits per heavy atom. The Morgan fingerprint density at radius 2 is 1.77 bits per heavy atom. The molecule has 0 unspecified atom stereocenters. The highest BCUT2D eigenvalue weighted by Gasteiger charge is 2.18. The molecule has 1 aromatic heterocycles. The molecular weight excluding hydrogens is 376 g/mol. The van der Waals surface area contributed by atoms with Crippen LogP contribution in [-0.4, -0.2) is 42.0 Å². The third-order valence-electron chi connectivity index (χ3n) is 5.71. The summed E-state index contributed by atoms with van der Waals surface area (Å²) in [7, 11) is 0. The summed E-state index contributed by atoms with van der Waals surface area (Å²) in [5.74, 6) is -0.0842. The largest absolute Gasteiger partial charge is 0.378 e. The highest BCUT2D eigenvalue weighted by atomic mass is 16.5. The standard InChI is InChI=1S/C24H28N4O2/c1-17-6-4-5-7-23(17)28-19(3)22(16-25-28)18(2)26-24(29)20-8-10-21(11-9-20)27-12-14-30-15-13-27/h4-11,16,18H,12-15H2,1-3H3,(H,26,29)/t18-/m1/s1. The van der Waals surface area contributed by atoms with Crippen LogP contribution >= 0.6 is 0 Å². The molecule has 0 saturated carbocycles. The summed E-state index contributed by atoms with van der Waals surface area (Å²) in [5, 5.41) is 7.67. The molecule has 0 spiro atoms. The molecule has 6 nitrogen and oxygen atoms in total. The quantitative estimate of drug-likeness (QED) is 0.702. The summed E-state index contributed by atoms with van der Waals surface area (Å²) in [5.41, 5.74) is 6.03. The van der Waals surface area contributed by atoms with Gasteiger partial charge < -0.3 is 15.0 Å². The number of carbonyl (C=O) groups excluding carboxylic acids is 1. The Kier molecular flexibility index (Phi) is 5.86. The molecule has 3 aromatic rings. The molecule has 0 radical (unpaired) electrons. The molecule has 2 aromatic carbocycles. The maximum absolute atomic E-state index is 12.8. The van der Waals surface area contributed by atoms with Gasteiger partial charge in [-0.1, -0.05) is 18.2 Å². The molecule has 6 heteroatoms. The first-order chi connectivity index (χ1) is 14.5. The van der Waals surface area contributed by atoms with Crippen LogP contribution in [0.2, 0.25) is 0 Å². The zero-order valence-corrected chi connectivity index (χ0v) is 17.8. The molecule has 156 valence electrons. The fraction of sp³-hybridized carbons (Fsp3) is 0.333. The number of amides is 1. The Morgan fingerprint density at radius 3 is 2.47 bits per heavy atom. The van der Waals surface area contributed by atoms with E-state index >= 15 is 0 Å². The molecule has 1 amide bonds. The first-order valence-corrected chi connectivity index (χ1v) is 10.4. The second-order valence-corrected chi connectivity index (χ2v) is 7.73. The van der Waals surface area contributed by atoms with Crippen LogP contribution < -0.4 is 10.2 Å². The first kappa shape index (κ1) is 20.2. The van der Waals surface area contributed by atoms with Crippen molar-refractivity contribution in [2.24, 2.45) is 0 Å². The van der Waals surface area contributed by atoms with Crippen LogP contribution in [0, 0.1) is 13.8 Å². The van der Waals surface area contributed by atoms with Gasteiger partial charge in [0.25, 0.3) is 5.91 Å². The minimum Gasteiger partial charge on any atom is -0.378 e. The van der Waals surface area contributed by atoms with Crippen molar-refractivity contribution in [3.63, 3.8) is 0 Å². The summed E-state index contributed by atoms with van der Waals surface area (Å²) in [6.07, 6.45) is 1.84. The van der Waals surface area contributed by atoms with Crippen molar-refractivity contribution in [3.8, 4) is 5.69 Å². The third-order valence-corrected chi connectivity index (χ3v) is 5.71. The van der Waals surface area contributed by atoms with E-state index in [0.717, 1.165) is 54.5 Å². The van der Waals surface area contributed by atoms with Crippen LogP contribution in [0.3, 0.4) is 0 Å². The average Bonchev–Trinajstić information content (AvgIpc) is 3.16. The van der Waals surface area contributed by atoms with Gasteiger partial charge >= 0.3 is 0 Å². The van der Waals surface area contributed by atoms with Crippen LogP contribution in [-0.2, 0) is 4.74 Å². The molecule has 1 aliphatic rings. The second-order valence-electron chi connectivity index (χ2n) is 7.73. The van der Waals surface area contributed by atoms with E-state index in [0.29, 0.717) is 5.56 Å². The van der Waals surface area contributed by atoms with E-state index < -0.39 is 0 Å². The number of benzene rings is 2. The number of aromatic nitrogens is 2. The van der Waals surface area contributed by atoms with Crippen LogP contribution in [0.25, 0.3) is 5.69 Å². The van der Waals surface area contributed by atoms with Crippen molar-refractivity contribution in [2.75, 3.05) is 31.2 Å². The Balaban J connectivity index is 1.45. The van der Waals surface area contributed by atoms with Crippen molar-refractivity contribution < 1.29 is 9.53 Å². The van der Waals surface area contributed by atoms with Gasteiger partial charge in [0.2, 0.25) is 0 Å². The molecule has 1 N–H and O–H groups in total. The maximum Gasteiger partial charge on any atom is 0.251 e. The van der Waals surface area contributed by atoms with Crippen molar-refractivity contribution in [1.29, 1.82) is 0 Å². The number of para-hydroxylation sites is 1. The molecule has 30 heavy (non-hydrogen) atoms. The SMILES string of the molecule is Cc1ccccc1-n1ncc([C@@H](C)NC(=O)c2ccc(N3CCOCC3)cc2)c1C. The number of aryl methyl sites for hydroxylation is 1. The van der Waals surface area contributed by atoms with E-state index in [1.165, 1.54) is 0 Å². The zero-order chi connectivity index (χ0) is 21.1. The zero-order valence-electron chi connectivity index (χ0n) is 17.8. The van der Waals surface area contributed by atoms with Gasteiger partial charge in [-0.3, -0.25) is 4.79 Å². The number of anilines is 1. The fourth-order valence-electron chi connectivity index (χ4n) is 3.89. The molecule has 0 bridgehead atoms. The topological polar surface area (TPSA) is 59.4 Å². The number of hydrogen-bond donors (Lipinski definition) is 1. The lowest BCUT2D eigenvalue weighted by molar-refractivity contribution is 0.0939. The number of rotatable bonds is 5. The van der Waals surface area contributed by atoms with Crippen LogP contribution in [0.5, 0.6) is 0 Å². The summed E-state index contributed by atoms with van der Waals surface area (Å²) < 4.78 is 7.34. The molecule has 1 aliphatic heterocycles. The monoisotopic (exact) mass is 404 g/mol. The van der Waals surface area contributed by atoms with Gasteiger partial charge in [-0.25, -0.2) is 4.68 Å². The number of nitrogens with one attached hydrogen (secondary N) is 1. The van der Waals surface area contributed by atoms with Crippen molar-refractivity contribution in [2.45, 2.75) is 26.8 Å². The van der Waals surface area contributed by atoms with E-state index in [1.54, 1.807) is 0 Å². The molecule has 1 fully saturated rings. The summed E-state index contributed by atoms with van der Waals surface area (Å²) in [4.78, 5) is 15.1. The highest BCUT2D eigenvalue weighted by molar-refractivity contribution is 5.94. The Hall–Kier alpha value is -3.12. The predicted molar refractivity (Wildman–Crippen MR) is 118 cm³/mol. The highest BCUT2D eigenvalue weighted by Crippen LogP contribution is 2.23. The lowest BCUT2D eigenvalue weighted by Crippen LogP contribution is -2.36. The minimum atomic E-state index is -0.144. The van der Waals surface area contributed by atoms with Gasteiger partial charge in [0.05, 0.1) is 31.1 Å². The van der Waals surface area contributed by atoms with Gasteiger partial charge in [-0.05, 0) is 56.7 Å². The van der Waals surface area contributed by atoms with Crippen molar-refractivity contribution in [1.82, 2.24) is 15.1 Å². The molecule has 2 heterocycles. The number of hydrogen-bond acceptors (Lipinski definition) is 4. The molecule has 0 aliphatic carbocycles. The Bertz CT molecular complexity index is 1020. The number of morpholine rings is 1. The summed E-state index contributed by atoms with van der Waals surface area (Å²) in [6, 6.07) is 15.8. The Labute approximate surface area is 177 Å². The normalized spacial score (nSPS) is 15.1. The minimum absolute atomic E-state index is 0.0842. The van der Waals surface area contributed by atoms with E-state index in [2.05, 4.69) is 34.4 Å². The van der Waals surface area contributed by atoms with E-state index in [-0.39, 0.29) is 11.9 Å². The van der Waals surface area contributed by atoms with Crippen LogP contribution in [0.4, 0.5) is 5.69 Å². The smallest absolute Gasteiger partial charge is 0.251 e. The predicted octanol–water partition coefficient (Wildman–Crippen LogP) is 3.82. The van der Waals surface area contributed by atoms with Gasteiger partial charge in [-0.15, -0.1) is 0 Å². The van der Waals surface area contributed by atoms with Gasteiger partial charge in [-0.2, -0.15) is 5.10 Å². The second kappa shape index (κ2) is 8.71. The third kappa shape index (κ3) is 4.09. The first-order valence-electron chi connectivity index (χ1n) is 10.4. The van der Waals surface area contributed by atoms with Crippen molar-refractivity contribution >= 4 is 11.6 Å². The molecule has 1 saturated heterocycles. The molecule has 4 rings (SSSR count). The molecular formula is C24H28N4O2. The lowest BCUT2D eigenvalue weighted by Gasteiger charge is -2.28. The summed E-state index contributed by atoms with van der Waals surface area (Å²) in [6.45, 7) is 9.35. The summed E-state index contributed by atoms with van der Waals surface area (Å²) >= 11 is 0. The average molecular weight is 405 g/mol. The van der Waals surface area contributed by atoms with Crippen LogP contribution in [0.1, 0.15) is 40.1 Å². The van der Waals surface area contributed by atoms with E-state index in [4.69, 9.17) is 4.74 Å².